The van der Waals surface area contributed by atoms with Gasteiger partial charge in [0.1, 0.15) is 30.0 Å². The number of carbonyl (C=O) groups is 5. The highest BCUT2D eigenvalue weighted by Gasteiger charge is 2.40. The van der Waals surface area contributed by atoms with E-state index < -0.39 is 66.5 Å². The van der Waals surface area contributed by atoms with Gasteiger partial charge in [0.25, 0.3) is 0 Å². The molecule has 0 radical (unpaired) electrons. The van der Waals surface area contributed by atoms with Crippen LogP contribution in [0.5, 0.6) is 5.75 Å². The number of alkyl carbamates (subject to hydrolysis) is 1. The van der Waals surface area contributed by atoms with Gasteiger partial charge in [0.05, 0.1) is 13.5 Å². The van der Waals surface area contributed by atoms with E-state index in [2.05, 4.69) is 15.4 Å². The molecule has 0 fully saturated rings. The monoisotopic (exact) mass is 564 g/mol. The normalized spacial score (nSPS) is 13.5. The van der Waals surface area contributed by atoms with Gasteiger partial charge >= 0.3 is 12.1 Å². The molecule has 3 unspecified atom stereocenters. The van der Waals surface area contributed by atoms with E-state index in [1.165, 1.54) is 18.1 Å². The van der Waals surface area contributed by atoms with Crippen LogP contribution in [0.2, 0.25) is 0 Å². The number of phenolic OH excluding ortho intramolecular Hbond substituents is 1. The van der Waals surface area contributed by atoms with Gasteiger partial charge < -0.3 is 35.8 Å². The SMILES string of the molecule is COC(=O)CNC(=O)C(c1cccc(C)c1O)N(C(=O)C(CC(N)=O)NC(=O)OC(C)(C)C)C(C)CCC(C)C. The quantitative estimate of drug-likeness (QED) is 0.264. The van der Waals surface area contributed by atoms with E-state index >= 15 is 0 Å². The Morgan fingerprint density at radius 2 is 1.70 bits per heavy atom. The number of nitrogens with two attached hydrogens (primary N) is 1. The van der Waals surface area contributed by atoms with Crippen molar-refractivity contribution in [2.45, 2.75) is 91.5 Å². The number of esters is 1. The zero-order valence-corrected chi connectivity index (χ0v) is 24.7. The number of carbonyl (C=O) groups excluding carboxylic acids is 5. The number of amides is 4. The number of ether oxygens (including phenoxy) is 2. The van der Waals surface area contributed by atoms with E-state index in [1.54, 1.807) is 46.8 Å². The minimum atomic E-state index is -1.48. The molecule has 12 heteroatoms. The molecule has 0 aromatic heterocycles. The lowest BCUT2D eigenvalue weighted by molar-refractivity contribution is -0.147. The van der Waals surface area contributed by atoms with E-state index in [-0.39, 0.29) is 17.2 Å². The summed E-state index contributed by atoms with van der Waals surface area (Å²) in [5.41, 5.74) is 5.08. The van der Waals surface area contributed by atoms with Crippen LogP contribution in [0.4, 0.5) is 4.79 Å². The van der Waals surface area contributed by atoms with Crippen LogP contribution in [0.15, 0.2) is 18.2 Å². The highest BCUT2D eigenvalue weighted by molar-refractivity contribution is 5.95. The van der Waals surface area contributed by atoms with E-state index in [0.717, 1.165) is 0 Å². The third-order valence-corrected chi connectivity index (χ3v) is 6.01. The first-order chi connectivity index (χ1) is 18.5. The maximum atomic E-state index is 14.2. The Balaban J connectivity index is 3.72. The summed E-state index contributed by atoms with van der Waals surface area (Å²) in [6.45, 7) is 11.8. The van der Waals surface area contributed by atoms with Gasteiger partial charge in [-0.05, 0) is 58.9 Å². The number of aromatic hydroxyl groups is 1. The Kier molecular flexibility index (Phi) is 12.9. The molecule has 0 saturated heterocycles. The summed E-state index contributed by atoms with van der Waals surface area (Å²) >= 11 is 0. The van der Waals surface area contributed by atoms with Crippen molar-refractivity contribution in [1.29, 1.82) is 0 Å². The molecule has 224 valence electrons. The number of aryl methyl sites for hydroxylation is 1. The number of nitrogens with one attached hydrogen (secondary N) is 2. The molecular weight excluding hydrogens is 520 g/mol. The first-order valence-electron chi connectivity index (χ1n) is 13.2. The Bertz CT molecular complexity index is 1070. The molecule has 1 aromatic carbocycles. The first kappa shape index (κ1) is 34.2. The average Bonchev–Trinajstić information content (AvgIpc) is 2.83. The number of hydrogen-bond acceptors (Lipinski definition) is 8. The smallest absolute Gasteiger partial charge is 0.408 e. The zero-order chi connectivity index (χ0) is 30.8. The Morgan fingerprint density at radius 3 is 2.23 bits per heavy atom. The van der Waals surface area contributed by atoms with Crippen molar-refractivity contribution in [2.75, 3.05) is 13.7 Å². The number of para-hydroxylation sites is 1. The van der Waals surface area contributed by atoms with Gasteiger partial charge in [-0.25, -0.2) is 4.79 Å². The summed E-state index contributed by atoms with van der Waals surface area (Å²) in [4.78, 5) is 65.4. The average molecular weight is 565 g/mol. The van der Waals surface area contributed by atoms with Crippen LogP contribution in [0.25, 0.3) is 0 Å². The van der Waals surface area contributed by atoms with Crippen molar-refractivity contribution >= 4 is 29.8 Å². The second-order valence-electron chi connectivity index (χ2n) is 11.1. The number of phenols is 1. The van der Waals surface area contributed by atoms with Crippen LogP contribution in [0.3, 0.4) is 0 Å². The van der Waals surface area contributed by atoms with Crippen molar-refractivity contribution in [3.63, 3.8) is 0 Å². The summed E-state index contributed by atoms with van der Waals surface area (Å²) in [6, 6.07) is 1.22. The standard InChI is InChI=1S/C28H44N4O8/c1-16(2)12-13-18(4)32(26(37)20(14-21(29)33)31-27(38)40-28(5,6)7)23(25(36)30-15-22(34)39-8)19-11-9-10-17(3)24(19)35/h9-11,16,18,20,23,35H,12-15H2,1-8H3,(H2,29,33)(H,30,36)(H,31,38). The van der Waals surface area contributed by atoms with Crippen LogP contribution in [0.1, 0.15) is 78.0 Å². The molecule has 0 aliphatic carbocycles. The molecule has 0 spiro atoms. The summed E-state index contributed by atoms with van der Waals surface area (Å²) in [5, 5.41) is 15.8. The van der Waals surface area contributed by atoms with Crippen LogP contribution in [-0.4, -0.2) is 71.1 Å². The number of nitrogens with zero attached hydrogens (tertiary/aromatic N) is 1. The third-order valence-electron chi connectivity index (χ3n) is 6.01. The lowest BCUT2D eigenvalue weighted by Crippen LogP contribution is -2.56. The minimum absolute atomic E-state index is 0.0993. The number of rotatable bonds is 13. The summed E-state index contributed by atoms with van der Waals surface area (Å²) in [5.74, 6) is -3.11. The van der Waals surface area contributed by atoms with Gasteiger partial charge in [0.2, 0.25) is 17.7 Å². The van der Waals surface area contributed by atoms with Crippen molar-refractivity contribution in [1.82, 2.24) is 15.5 Å². The molecule has 0 saturated carbocycles. The Hall–Kier alpha value is -3.83. The molecule has 1 aromatic rings. The van der Waals surface area contributed by atoms with E-state index in [9.17, 15) is 29.1 Å². The van der Waals surface area contributed by atoms with Crippen molar-refractivity contribution < 1.29 is 38.6 Å². The number of hydrogen-bond donors (Lipinski definition) is 4. The van der Waals surface area contributed by atoms with Gasteiger partial charge in [0, 0.05) is 11.6 Å². The summed E-state index contributed by atoms with van der Waals surface area (Å²) in [6.07, 6.45) is -0.387. The molecule has 0 aliphatic rings. The fraction of sp³-hybridized carbons (Fsp3) is 0.607. The molecule has 0 bridgehead atoms. The Morgan fingerprint density at radius 1 is 1.07 bits per heavy atom. The van der Waals surface area contributed by atoms with Crippen molar-refractivity contribution in [2.24, 2.45) is 11.7 Å². The molecule has 3 atom stereocenters. The second kappa shape index (κ2) is 15.1. The van der Waals surface area contributed by atoms with Crippen LogP contribution >= 0.6 is 0 Å². The number of methoxy groups -OCH3 is 1. The molecular formula is C28H44N4O8. The molecule has 0 heterocycles. The summed E-state index contributed by atoms with van der Waals surface area (Å²) in [7, 11) is 1.17. The van der Waals surface area contributed by atoms with Gasteiger partial charge in [0.15, 0.2) is 0 Å². The zero-order valence-electron chi connectivity index (χ0n) is 24.7. The van der Waals surface area contributed by atoms with Gasteiger partial charge in [-0.1, -0.05) is 32.0 Å². The van der Waals surface area contributed by atoms with E-state index in [0.29, 0.717) is 18.4 Å². The maximum Gasteiger partial charge on any atom is 0.408 e. The molecule has 1 rings (SSSR count). The third kappa shape index (κ3) is 10.7. The van der Waals surface area contributed by atoms with Crippen LogP contribution < -0.4 is 16.4 Å². The van der Waals surface area contributed by atoms with Gasteiger partial charge in [-0.3, -0.25) is 19.2 Å². The van der Waals surface area contributed by atoms with E-state index in [1.807, 2.05) is 13.8 Å². The fourth-order valence-electron chi connectivity index (χ4n) is 3.99. The molecule has 12 nitrogen and oxygen atoms in total. The predicted octanol–water partition coefficient (Wildman–Crippen LogP) is 2.45. The summed E-state index contributed by atoms with van der Waals surface area (Å²) < 4.78 is 9.90. The minimum Gasteiger partial charge on any atom is -0.507 e. The Labute approximate surface area is 235 Å². The van der Waals surface area contributed by atoms with E-state index in [4.69, 9.17) is 10.5 Å². The lowest BCUT2D eigenvalue weighted by Gasteiger charge is -2.39. The van der Waals surface area contributed by atoms with Crippen molar-refractivity contribution in [3.05, 3.63) is 29.3 Å². The number of benzene rings is 1. The van der Waals surface area contributed by atoms with Crippen LogP contribution in [-0.2, 0) is 28.7 Å². The molecule has 40 heavy (non-hydrogen) atoms. The highest BCUT2D eigenvalue weighted by atomic mass is 16.6. The topological polar surface area (TPSA) is 177 Å². The highest BCUT2D eigenvalue weighted by Crippen LogP contribution is 2.34. The maximum absolute atomic E-state index is 14.2. The molecule has 0 aliphatic heterocycles. The molecule has 5 N–H and O–H groups in total. The predicted molar refractivity (Wildman–Crippen MR) is 148 cm³/mol. The van der Waals surface area contributed by atoms with Gasteiger partial charge in [-0.15, -0.1) is 0 Å². The van der Waals surface area contributed by atoms with Crippen molar-refractivity contribution in [3.8, 4) is 5.75 Å². The van der Waals surface area contributed by atoms with Gasteiger partial charge in [-0.2, -0.15) is 0 Å². The largest absolute Gasteiger partial charge is 0.507 e. The fourth-order valence-corrected chi connectivity index (χ4v) is 3.99. The number of primary amides is 1. The lowest BCUT2D eigenvalue weighted by atomic mass is 9.95. The van der Waals surface area contributed by atoms with Crippen LogP contribution in [0, 0.1) is 12.8 Å². The molecule has 4 amide bonds. The second-order valence-corrected chi connectivity index (χ2v) is 11.1. The first-order valence-corrected chi connectivity index (χ1v) is 13.2.